The van der Waals surface area contributed by atoms with Gasteiger partial charge in [-0.1, -0.05) is 5.92 Å². The molecule has 0 spiro atoms. The number of hydrogen-bond acceptors (Lipinski definition) is 4. The van der Waals surface area contributed by atoms with E-state index in [9.17, 15) is 0 Å². The average Bonchev–Trinajstić information content (AvgIpc) is 2.19. The zero-order valence-electron chi connectivity index (χ0n) is 6.91. The highest BCUT2D eigenvalue weighted by atomic mass is 15.0. The number of rotatable bonds is 1. The van der Waals surface area contributed by atoms with Crippen LogP contribution in [-0.4, -0.2) is 9.97 Å². The maximum absolute atomic E-state index is 5.30. The standard InChI is InChI=1S/C9H8N4/c10-4-3-8-7-2-1-5-11-9(7)13-6-12-8/h3-4,6H,2,10H2,(H,11,12,13)/b4-3+. The van der Waals surface area contributed by atoms with Gasteiger partial charge in [0.1, 0.15) is 12.1 Å². The molecule has 0 unspecified atom stereocenters. The maximum Gasteiger partial charge on any atom is 0.145 e. The van der Waals surface area contributed by atoms with Gasteiger partial charge in [0, 0.05) is 18.0 Å². The highest BCUT2D eigenvalue weighted by Gasteiger charge is 2.09. The number of aromatic nitrogens is 2. The van der Waals surface area contributed by atoms with Crippen LogP contribution in [0, 0.1) is 12.0 Å². The average molecular weight is 172 g/mol. The second-order valence-corrected chi connectivity index (χ2v) is 2.55. The highest BCUT2D eigenvalue weighted by Crippen LogP contribution is 2.18. The summed E-state index contributed by atoms with van der Waals surface area (Å²) in [6.45, 7) is 0. The van der Waals surface area contributed by atoms with Gasteiger partial charge in [0.25, 0.3) is 0 Å². The van der Waals surface area contributed by atoms with Gasteiger partial charge >= 0.3 is 0 Å². The van der Waals surface area contributed by atoms with Crippen LogP contribution in [0.5, 0.6) is 0 Å². The molecule has 1 aromatic rings. The molecule has 0 bridgehead atoms. The van der Waals surface area contributed by atoms with Gasteiger partial charge in [0.05, 0.1) is 5.69 Å². The van der Waals surface area contributed by atoms with Crippen molar-refractivity contribution in [1.82, 2.24) is 9.97 Å². The monoisotopic (exact) mass is 172 g/mol. The van der Waals surface area contributed by atoms with E-state index in [1.807, 2.05) is 0 Å². The number of anilines is 1. The van der Waals surface area contributed by atoms with Crippen LogP contribution in [0.15, 0.2) is 12.5 Å². The Balaban J connectivity index is 2.51. The molecule has 0 aromatic carbocycles. The number of nitrogens with zero attached hydrogens (tertiary/aromatic N) is 2. The van der Waals surface area contributed by atoms with E-state index in [1.54, 1.807) is 6.08 Å². The van der Waals surface area contributed by atoms with Gasteiger partial charge in [0.2, 0.25) is 0 Å². The predicted molar refractivity (Wildman–Crippen MR) is 50.4 cm³/mol. The summed E-state index contributed by atoms with van der Waals surface area (Å²) in [6, 6.07) is 2.76. The van der Waals surface area contributed by atoms with Gasteiger partial charge in [-0.25, -0.2) is 9.97 Å². The summed E-state index contributed by atoms with van der Waals surface area (Å²) < 4.78 is 0. The fourth-order valence-electron chi connectivity index (χ4n) is 1.18. The molecule has 0 atom stereocenters. The topological polar surface area (TPSA) is 63.8 Å². The second kappa shape index (κ2) is 3.15. The highest BCUT2D eigenvalue weighted by molar-refractivity contribution is 5.62. The van der Waals surface area contributed by atoms with Crippen LogP contribution in [0.25, 0.3) is 6.08 Å². The van der Waals surface area contributed by atoms with Crippen molar-refractivity contribution in [2.75, 3.05) is 5.32 Å². The molecule has 2 rings (SSSR count). The first-order valence-electron chi connectivity index (χ1n) is 3.88. The summed E-state index contributed by atoms with van der Waals surface area (Å²) in [5, 5.41) is 2.87. The Labute approximate surface area is 75.9 Å². The third-order valence-corrected chi connectivity index (χ3v) is 1.77. The van der Waals surface area contributed by atoms with E-state index in [-0.39, 0.29) is 0 Å². The fraction of sp³-hybridized carbons (Fsp3) is 0.111. The van der Waals surface area contributed by atoms with Gasteiger partial charge in [-0.15, -0.1) is 0 Å². The Morgan fingerprint density at radius 2 is 2.46 bits per heavy atom. The molecular formula is C9H8N4. The number of nitrogens with two attached hydrogens (primary N) is 1. The zero-order valence-corrected chi connectivity index (χ0v) is 6.91. The molecule has 3 N–H and O–H groups in total. The first kappa shape index (κ1) is 7.62. The van der Waals surface area contributed by atoms with Crippen molar-refractivity contribution in [2.24, 2.45) is 5.73 Å². The van der Waals surface area contributed by atoms with E-state index in [0.717, 1.165) is 17.1 Å². The summed E-state index contributed by atoms with van der Waals surface area (Å²) in [4.78, 5) is 8.16. The third-order valence-electron chi connectivity index (χ3n) is 1.77. The summed E-state index contributed by atoms with van der Waals surface area (Å²) in [7, 11) is 0. The predicted octanol–water partition coefficient (Wildman–Crippen LogP) is 0.335. The Bertz CT molecular complexity index is 411. The lowest BCUT2D eigenvalue weighted by molar-refractivity contribution is 1.08. The van der Waals surface area contributed by atoms with Crippen LogP contribution in [0.1, 0.15) is 11.3 Å². The van der Waals surface area contributed by atoms with Crippen molar-refractivity contribution < 1.29 is 0 Å². The molecule has 4 heteroatoms. The Morgan fingerprint density at radius 3 is 3.31 bits per heavy atom. The molecule has 2 heterocycles. The molecule has 0 aliphatic carbocycles. The van der Waals surface area contributed by atoms with Gasteiger partial charge in [-0.3, -0.25) is 5.32 Å². The van der Waals surface area contributed by atoms with Crippen LogP contribution in [-0.2, 0) is 6.42 Å². The van der Waals surface area contributed by atoms with Crippen molar-refractivity contribution in [3.05, 3.63) is 23.8 Å². The van der Waals surface area contributed by atoms with Crippen molar-refractivity contribution >= 4 is 11.9 Å². The Hall–Kier alpha value is -2.02. The lowest BCUT2D eigenvalue weighted by Crippen LogP contribution is -2.06. The first-order valence-corrected chi connectivity index (χ1v) is 3.88. The van der Waals surface area contributed by atoms with Crippen LogP contribution < -0.4 is 11.1 Å². The van der Waals surface area contributed by atoms with Crippen LogP contribution in [0.4, 0.5) is 5.82 Å². The summed E-state index contributed by atoms with van der Waals surface area (Å²) in [6.07, 6.45) is 5.37. The molecule has 4 nitrogen and oxygen atoms in total. The second-order valence-electron chi connectivity index (χ2n) is 2.55. The summed E-state index contributed by atoms with van der Waals surface area (Å²) >= 11 is 0. The van der Waals surface area contributed by atoms with Gasteiger partial charge in [0.15, 0.2) is 0 Å². The molecule has 1 aliphatic heterocycles. The molecule has 64 valence electrons. The molecule has 13 heavy (non-hydrogen) atoms. The molecule has 0 saturated carbocycles. The van der Waals surface area contributed by atoms with E-state index in [4.69, 9.17) is 5.73 Å². The Kier molecular flexibility index (Phi) is 1.85. The van der Waals surface area contributed by atoms with Crippen molar-refractivity contribution in [2.45, 2.75) is 6.42 Å². The van der Waals surface area contributed by atoms with E-state index in [2.05, 4.69) is 27.2 Å². The summed E-state index contributed by atoms with van der Waals surface area (Å²) in [5.41, 5.74) is 7.13. The quantitative estimate of drug-likeness (QED) is 0.599. The largest absolute Gasteiger partial charge is 0.405 e. The van der Waals surface area contributed by atoms with Gasteiger partial charge in [-0.05, 0) is 12.3 Å². The van der Waals surface area contributed by atoms with Crippen LogP contribution in [0.3, 0.4) is 0 Å². The fourth-order valence-corrected chi connectivity index (χ4v) is 1.18. The molecular weight excluding hydrogens is 164 g/mol. The lowest BCUT2D eigenvalue weighted by Gasteiger charge is -2.09. The Morgan fingerprint density at radius 1 is 1.54 bits per heavy atom. The van der Waals surface area contributed by atoms with E-state index < -0.39 is 0 Å². The minimum Gasteiger partial charge on any atom is -0.405 e. The minimum absolute atomic E-state index is 0.669. The minimum atomic E-state index is 0.669. The van der Waals surface area contributed by atoms with E-state index in [0.29, 0.717) is 6.42 Å². The lowest BCUT2D eigenvalue weighted by atomic mass is 10.1. The molecule has 0 saturated heterocycles. The molecule has 0 amide bonds. The van der Waals surface area contributed by atoms with Crippen molar-refractivity contribution in [3.63, 3.8) is 0 Å². The van der Waals surface area contributed by atoms with E-state index in [1.165, 1.54) is 12.5 Å². The molecule has 0 fully saturated rings. The maximum atomic E-state index is 5.30. The molecule has 1 aliphatic rings. The van der Waals surface area contributed by atoms with Gasteiger partial charge < -0.3 is 5.73 Å². The van der Waals surface area contributed by atoms with E-state index >= 15 is 0 Å². The van der Waals surface area contributed by atoms with Crippen LogP contribution >= 0.6 is 0 Å². The summed E-state index contributed by atoms with van der Waals surface area (Å²) in [5.74, 6) is 3.70. The van der Waals surface area contributed by atoms with Gasteiger partial charge in [-0.2, -0.15) is 0 Å². The number of hydrogen-bond donors (Lipinski definition) is 2. The zero-order chi connectivity index (χ0) is 9.10. The van der Waals surface area contributed by atoms with Crippen molar-refractivity contribution in [3.8, 4) is 12.0 Å². The third kappa shape index (κ3) is 1.32. The number of fused-ring (bicyclic) bond motifs is 1. The smallest absolute Gasteiger partial charge is 0.145 e. The first-order chi connectivity index (χ1) is 6.42. The van der Waals surface area contributed by atoms with Crippen LogP contribution in [0.2, 0.25) is 0 Å². The SMILES string of the molecule is N/C=C/c1ncnc2c1CC#CN2. The molecule has 1 aromatic heterocycles. The molecule has 0 radical (unpaired) electrons. The van der Waals surface area contributed by atoms with Crippen molar-refractivity contribution in [1.29, 1.82) is 0 Å². The normalized spacial score (nSPS) is 12.9. The number of nitrogens with one attached hydrogen (secondary N) is 1.